The van der Waals surface area contributed by atoms with Crippen molar-refractivity contribution < 1.29 is 14.6 Å². The summed E-state index contributed by atoms with van der Waals surface area (Å²) >= 11 is 6.03. The molecule has 1 unspecified atom stereocenters. The first kappa shape index (κ1) is 24.0. The molecule has 0 aliphatic carbocycles. The molecule has 2 aliphatic rings. The minimum absolute atomic E-state index is 0.0927. The van der Waals surface area contributed by atoms with Gasteiger partial charge in [-0.1, -0.05) is 23.7 Å². The van der Waals surface area contributed by atoms with Gasteiger partial charge in [0.1, 0.15) is 17.7 Å². The predicted molar refractivity (Wildman–Crippen MR) is 138 cm³/mol. The van der Waals surface area contributed by atoms with E-state index in [9.17, 15) is 9.90 Å². The summed E-state index contributed by atoms with van der Waals surface area (Å²) in [4.78, 5) is 20.4. The van der Waals surface area contributed by atoms with Crippen molar-refractivity contribution in [3.05, 3.63) is 81.5 Å². The Hall–Kier alpha value is -3.37. The van der Waals surface area contributed by atoms with Crippen LogP contribution in [0.3, 0.4) is 0 Å². The maximum atomic E-state index is 13.7. The molecule has 0 radical (unpaired) electrons. The van der Waals surface area contributed by atoms with Crippen LogP contribution in [0.2, 0.25) is 5.02 Å². The maximum absolute atomic E-state index is 13.7. The fourth-order valence-electron chi connectivity index (χ4n) is 5.13. The molecule has 2 aromatic carbocycles. The van der Waals surface area contributed by atoms with Crippen molar-refractivity contribution in [3.8, 4) is 17.0 Å². The molecule has 4 aromatic rings. The van der Waals surface area contributed by atoms with E-state index in [0.717, 1.165) is 17.5 Å². The van der Waals surface area contributed by atoms with Crippen LogP contribution < -0.4 is 10.3 Å². The fourth-order valence-corrected chi connectivity index (χ4v) is 5.25. The van der Waals surface area contributed by atoms with E-state index in [1.807, 2.05) is 54.3 Å². The van der Waals surface area contributed by atoms with Crippen LogP contribution in [0.4, 0.5) is 0 Å². The summed E-state index contributed by atoms with van der Waals surface area (Å²) in [7, 11) is 0. The zero-order valence-electron chi connectivity index (χ0n) is 20.2. The van der Waals surface area contributed by atoms with E-state index in [-0.39, 0.29) is 17.7 Å². The van der Waals surface area contributed by atoms with Gasteiger partial charge in [-0.15, -0.1) is 0 Å². The molecule has 190 valence electrons. The van der Waals surface area contributed by atoms with Gasteiger partial charge in [0.25, 0.3) is 5.56 Å². The Morgan fingerprint density at radius 1 is 1.22 bits per heavy atom. The van der Waals surface area contributed by atoms with Crippen molar-refractivity contribution in [3.63, 3.8) is 0 Å². The van der Waals surface area contributed by atoms with E-state index in [1.54, 1.807) is 16.8 Å². The molecule has 2 fully saturated rings. The summed E-state index contributed by atoms with van der Waals surface area (Å²) < 4.78 is 13.6. The van der Waals surface area contributed by atoms with Gasteiger partial charge in [-0.25, -0.2) is 9.88 Å². The number of rotatable bonds is 5. The molecule has 2 aliphatic heterocycles. The minimum Gasteiger partial charge on any atom is -0.490 e. The van der Waals surface area contributed by atoms with E-state index in [1.165, 1.54) is 0 Å². The molecule has 9 nitrogen and oxygen atoms in total. The van der Waals surface area contributed by atoms with Crippen LogP contribution in [-0.4, -0.2) is 61.5 Å². The zero-order valence-corrected chi connectivity index (χ0v) is 21.0. The average molecular weight is 520 g/mol. The highest BCUT2D eigenvalue weighted by atomic mass is 35.5. The van der Waals surface area contributed by atoms with Crippen LogP contribution in [-0.2, 0) is 11.3 Å². The third-order valence-electron chi connectivity index (χ3n) is 7.08. The van der Waals surface area contributed by atoms with Crippen molar-refractivity contribution in [1.82, 2.24) is 24.6 Å². The number of aliphatic hydroxyl groups excluding tert-OH is 1. The largest absolute Gasteiger partial charge is 0.490 e. The second-order valence-corrected chi connectivity index (χ2v) is 9.90. The smallest absolute Gasteiger partial charge is 0.261 e. The van der Waals surface area contributed by atoms with E-state index in [2.05, 4.69) is 10.2 Å². The Balaban J connectivity index is 1.40. The number of piperidine rings is 1. The molecule has 0 amide bonds. The van der Waals surface area contributed by atoms with E-state index in [4.69, 9.17) is 26.1 Å². The lowest BCUT2D eigenvalue weighted by Crippen LogP contribution is -2.46. The molecular weight excluding hydrogens is 494 g/mol. The molecule has 1 N–H and O–H groups in total. The number of hydrogen-bond donors (Lipinski definition) is 1. The average Bonchev–Trinajstić information content (AvgIpc) is 3.28. The summed E-state index contributed by atoms with van der Waals surface area (Å²) in [5, 5.41) is 19.4. The SMILES string of the molecule is Cc1nc2cc(-c3cccnn3)c(O[C@H]3CCN4C(O)OC[C@@H]4C3)cc2c(=O)n1Cc1ccc(Cl)cc1. The predicted octanol–water partition coefficient (Wildman–Crippen LogP) is 3.38. The molecule has 6 rings (SSSR count). The molecule has 2 aromatic heterocycles. The number of aromatic nitrogens is 4. The van der Waals surface area contributed by atoms with E-state index >= 15 is 0 Å². The van der Waals surface area contributed by atoms with Crippen LogP contribution in [0.25, 0.3) is 22.2 Å². The lowest BCUT2D eigenvalue weighted by atomic mass is 10.0. The lowest BCUT2D eigenvalue weighted by Gasteiger charge is -2.34. The molecule has 4 heterocycles. The first-order chi connectivity index (χ1) is 18.0. The van der Waals surface area contributed by atoms with Gasteiger partial charge in [0.2, 0.25) is 6.41 Å². The van der Waals surface area contributed by atoms with Gasteiger partial charge in [0, 0.05) is 35.8 Å². The Morgan fingerprint density at radius 2 is 2.05 bits per heavy atom. The summed E-state index contributed by atoms with van der Waals surface area (Å²) in [6, 6.07) is 14.8. The number of aryl methyl sites for hydroxylation is 1. The van der Waals surface area contributed by atoms with Gasteiger partial charge < -0.3 is 14.6 Å². The second kappa shape index (κ2) is 9.83. The third kappa shape index (κ3) is 4.71. The molecule has 2 saturated heterocycles. The van der Waals surface area contributed by atoms with Crippen molar-refractivity contribution in [2.24, 2.45) is 0 Å². The number of nitrogens with zero attached hydrogens (tertiary/aromatic N) is 5. The number of fused-ring (bicyclic) bond motifs is 2. The molecule has 3 atom stereocenters. The highest BCUT2D eigenvalue weighted by molar-refractivity contribution is 6.30. The Kier molecular flexibility index (Phi) is 6.37. The van der Waals surface area contributed by atoms with Gasteiger partial charge in [0.15, 0.2) is 0 Å². The molecule has 10 heteroatoms. The second-order valence-electron chi connectivity index (χ2n) is 9.47. The van der Waals surface area contributed by atoms with Crippen LogP contribution in [0.15, 0.2) is 59.5 Å². The van der Waals surface area contributed by atoms with Crippen LogP contribution in [0, 0.1) is 6.92 Å². The van der Waals surface area contributed by atoms with Gasteiger partial charge in [0.05, 0.1) is 29.7 Å². The van der Waals surface area contributed by atoms with Gasteiger partial charge in [-0.05, 0) is 55.3 Å². The molecule has 0 saturated carbocycles. The van der Waals surface area contributed by atoms with E-state index < -0.39 is 6.41 Å². The molecule has 0 bridgehead atoms. The summed E-state index contributed by atoms with van der Waals surface area (Å²) in [5.74, 6) is 1.17. The van der Waals surface area contributed by atoms with Crippen molar-refractivity contribution in [1.29, 1.82) is 0 Å². The van der Waals surface area contributed by atoms with Gasteiger partial charge in [-0.2, -0.15) is 10.2 Å². The maximum Gasteiger partial charge on any atom is 0.261 e. The Morgan fingerprint density at radius 3 is 2.84 bits per heavy atom. The zero-order chi connectivity index (χ0) is 25.5. The first-order valence-corrected chi connectivity index (χ1v) is 12.6. The van der Waals surface area contributed by atoms with Crippen molar-refractivity contribution >= 4 is 22.5 Å². The minimum atomic E-state index is -0.852. The normalized spacial score (nSPS) is 21.8. The van der Waals surface area contributed by atoms with E-state index in [0.29, 0.717) is 59.3 Å². The lowest BCUT2D eigenvalue weighted by molar-refractivity contribution is -0.142. The monoisotopic (exact) mass is 519 g/mol. The molecular formula is C27H26ClN5O4. The van der Waals surface area contributed by atoms with Crippen LogP contribution >= 0.6 is 11.6 Å². The highest BCUT2D eigenvalue weighted by Gasteiger charge is 2.39. The number of hydrogen-bond acceptors (Lipinski definition) is 8. The standard InChI is InChI=1S/C27H26ClN5O4/c1-16-30-24-12-21(23-3-2-9-29-31-23)25(37-20-8-10-32-19(11-20)15-36-27(32)35)13-22(24)26(34)33(16)14-17-4-6-18(28)7-5-17/h2-7,9,12-13,19-20,27,35H,8,10-11,14-15H2,1H3/t19-,20-,27?/m0/s1. The first-order valence-electron chi connectivity index (χ1n) is 12.3. The summed E-state index contributed by atoms with van der Waals surface area (Å²) in [5.41, 5.74) is 2.75. The number of ether oxygens (including phenoxy) is 2. The Bertz CT molecular complexity index is 1500. The number of aliphatic hydroxyl groups is 1. The summed E-state index contributed by atoms with van der Waals surface area (Å²) in [6.07, 6.45) is 2.10. The third-order valence-corrected chi connectivity index (χ3v) is 7.33. The quantitative estimate of drug-likeness (QED) is 0.428. The van der Waals surface area contributed by atoms with Crippen LogP contribution in [0.5, 0.6) is 5.75 Å². The van der Waals surface area contributed by atoms with Gasteiger partial charge in [-0.3, -0.25) is 9.36 Å². The van der Waals surface area contributed by atoms with Gasteiger partial charge >= 0.3 is 0 Å². The number of halogens is 1. The topological polar surface area (TPSA) is 103 Å². The molecule has 37 heavy (non-hydrogen) atoms. The van der Waals surface area contributed by atoms with Crippen LogP contribution in [0.1, 0.15) is 24.2 Å². The number of benzene rings is 2. The van der Waals surface area contributed by atoms with Crippen molar-refractivity contribution in [2.75, 3.05) is 13.2 Å². The highest BCUT2D eigenvalue weighted by Crippen LogP contribution is 2.35. The fraction of sp³-hybridized carbons (Fsp3) is 0.333. The Labute approximate surface area is 218 Å². The van der Waals surface area contributed by atoms with Crippen molar-refractivity contribution in [2.45, 2.75) is 44.9 Å². The summed E-state index contributed by atoms with van der Waals surface area (Å²) in [6.45, 7) is 3.35. The molecule has 0 spiro atoms.